The Morgan fingerprint density at radius 1 is 1.14 bits per heavy atom. The van der Waals surface area contributed by atoms with E-state index in [2.05, 4.69) is 22.3 Å². The van der Waals surface area contributed by atoms with Gasteiger partial charge in [-0.25, -0.2) is 9.78 Å². The Bertz CT molecular complexity index is 936. The molecular formula is C21H24N4O2S. The van der Waals surface area contributed by atoms with E-state index in [-0.39, 0.29) is 6.03 Å². The zero-order valence-electron chi connectivity index (χ0n) is 15.9. The van der Waals surface area contributed by atoms with Crippen molar-refractivity contribution in [3.05, 3.63) is 54.1 Å². The van der Waals surface area contributed by atoms with E-state index in [1.54, 1.807) is 18.4 Å². The molecule has 1 aromatic heterocycles. The highest BCUT2D eigenvalue weighted by atomic mass is 32.1. The monoisotopic (exact) mass is 396 g/mol. The lowest BCUT2D eigenvalue weighted by Gasteiger charge is -2.34. The lowest BCUT2D eigenvalue weighted by atomic mass is 10.1. The van der Waals surface area contributed by atoms with Crippen LogP contribution in [0.5, 0.6) is 5.75 Å². The van der Waals surface area contributed by atoms with Crippen LogP contribution >= 0.6 is 11.3 Å². The van der Waals surface area contributed by atoms with Crippen LogP contribution in [0.15, 0.2) is 48.5 Å². The summed E-state index contributed by atoms with van der Waals surface area (Å²) in [5.74, 6) is 0.847. The van der Waals surface area contributed by atoms with Crippen molar-refractivity contribution < 1.29 is 9.53 Å². The molecule has 1 saturated heterocycles. The molecule has 0 aliphatic carbocycles. The maximum atomic E-state index is 12.4. The van der Waals surface area contributed by atoms with E-state index in [1.807, 2.05) is 41.3 Å². The van der Waals surface area contributed by atoms with Crippen LogP contribution in [0.3, 0.4) is 0 Å². The van der Waals surface area contributed by atoms with Crippen molar-refractivity contribution in [1.29, 1.82) is 0 Å². The molecule has 1 fully saturated rings. The Kier molecular flexibility index (Phi) is 5.62. The molecule has 1 aliphatic rings. The Morgan fingerprint density at radius 3 is 2.68 bits per heavy atom. The summed E-state index contributed by atoms with van der Waals surface area (Å²) in [6, 6.07) is 16.2. The number of benzene rings is 2. The van der Waals surface area contributed by atoms with Crippen molar-refractivity contribution in [1.82, 2.24) is 15.2 Å². The minimum Gasteiger partial charge on any atom is -0.497 e. The largest absolute Gasteiger partial charge is 0.497 e. The summed E-state index contributed by atoms with van der Waals surface area (Å²) in [4.78, 5) is 21.3. The summed E-state index contributed by atoms with van der Waals surface area (Å²) < 4.78 is 6.41. The minimum absolute atomic E-state index is 0.0182. The number of hydrogen-bond acceptors (Lipinski definition) is 5. The van der Waals surface area contributed by atoms with E-state index in [0.29, 0.717) is 19.6 Å². The molecule has 6 nitrogen and oxygen atoms in total. The summed E-state index contributed by atoms with van der Waals surface area (Å²) in [6.07, 6.45) is 0.849. The molecule has 3 aromatic rings. The minimum atomic E-state index is 0.0182. The van der Waals surface area contributed by atoms with Gasteiger partial charge in [-0.3, -0.25) is 0 Å². The third-order valence-corrected chi connectivity index (χ3v) is 6.03. The second kappa shape index (κ2) is 8.48. The normalized spacial score (nSPS) is 14.3. The molecule has 0 saturated carbocycles. The smallest absolute Gasteiger partial charge is 0.317 e. The molecule has 2 heterocycles. The summed E-state index contributed by atoms with van der Waals surface area (Å²) in [7, 11) is 1.67. The van der Waals surface area contributed by atoms with Crippen LogP contribution in [-0.4, -0.2) is 55.7 Å². The van der Waals surface area contributed by atoms with Gasteiger partial charge < -0.3 is 19.9 Å². The molecule has 4 rings (SSSR count). The molecule has 28 heavy (non-hydrogen) atoms. The third-order valence-electron chi connectivity index (χ3n) is 4.95. The maximum absolute atomic E-state index is 12.4. The number of ether oxygens (including phenoxy) is 1. The Balaban J connectivity index is 1.28. The molecule has 7 heteroatoms. The van der Waals surface area contributed by atoms with Crippen molar-refractivity contribution in [2.75, 3.05) is 44.7 Å². The Hall–Kier alpha value is -2.80. The number of methoxy groups -OCH3 is 1. The first-order valence-corrected chi connectivity index (χ1v) is 10.3. The second-order valence-corrected chi connectivity index (χ2v) is 7.78. The average molecular weight is 397 g/mol. The van der Waals surface area contributed by atoms with Crippen LogP contribution in [0.4, 0.5) is 9.93 Å². The first kappa shape index (κ1) is 18.6. The summed E-state index contributed by atoms with van der Waals surface area (Å²) in [5.41, 5.74) is 2.22. The number of hydrogen-bond donors (Lipinski definition) is 1. The number of urea groups is 1. The van der Waals surface area contributed by atoms with Gasteiger partial charge in [-0.1, -0.05) is 41.7 Å². The average Bonchev–Trinajstić information content (AvgIpc) is 3.18. The van der Waals surface area contributed by atoms with Crippen molar-refractivity contribution in [3.63, 3.8) is 0 Å². The number of rotatable bonds is 5. The highest BCUT2D eigenvalue weighted by molar-refractivity contribution is 7.22. The van der Waals surface area contributed by atoms with Crippen LogP contribution < -0.4 is 15.0 Å². The van der Waals surface area contributed by atoms with E-state index < -0.39 is 0 Å². The molecule has 2 amide bonds. The number of nitrogens with zero attached hydrogens (tertiary/aromatic N) is 3. The molecule has 0 bridgehead atoms. The first-order chi connectivity index (χ1) is 13.7. The van der Waals surface area contributed by atoms with Crippen molar-refractivity contribution >= 4 is 32.7 Å². The van der Waals surface area contributed by atoms with Gasteiger partial charge in [0.05, 0.1) is 17.3 Å². The number of carbonyl (C=O) groups excluding carboxylic acids is 1. The SMILES string of the molecule is COc1ccc2nc(N3CCN(C(=O)NCCc4ccccc4)CC3)sc2c1. The zero-order chi connectivity index (χ0) is 19.3. The van der Waals surface area contributed by atoms with E-state index in [1.165, 1.54) is 5.56 Å². The molecule has 0 spiro atoms. The number of aromatic nitrogens is 1. The standard InChI is InChI=1S/C21H24N4O2S/c1-27-17-7-8-18-19(15-17)28-21(23-18)25-13-11-24(12-14-25)20(26)22-10-9-16-5-3-2-4-6-16/h2-8,15H,9-14H2,1H3,(H,22,26). The number of thiazole rings is 1. The topological polar surface area (TPSA) is 57.7 Å². The van der Waals surface area contributed by atoms with Crippen LogP contribution in [0, 0.1) is 0 Å². The van der Waals surface area contributed by atoms with Crippen LogP contribution in [0.1, 0.15) is 5.56 Å². The third kappa shape index (κ3) is 4.20. The van der Waals surface area contributed by atoms with E-state index >= 15 is 0 Å². The molecule has 146 valence electrons. The number of nitrogens with one attached hydrogen (secondary N) is 1. The van der Waals surface area contributed by atoms with Crippen molar-refractivity contribution in [2.45, 2.75) is 6.42 Å². The van der Waals surface area contributed by atoms with Gasteiger partial charge in [0.1, 0.15) is 5.75 Å². The molecule has 0 atom stereocenters. The predicted molar refractivity (Wildman–Crippen MR) is 114 cm³/mol. The fraction of sp³-hybridized carbons (Fsp3) is 0.333. The van der Waals surface area contributed by atoms with Crippen LogP contribution in [0.25, 0.3) is 10.2 Å². The van der Waals surface area contributed by atoms with Crippen LogP contribution in [0.2, 0.25) is 0 Å². The quantitative estimate of drug-likeness (QED) is 0.718. The van der Waals surface area contributed by atoms with Gasteiger partial charge in [0.2, 0.25) is 0 Å². The lowest BCUT2D eigenvalue weighted by Crippen LogP contribution is -2.52. The molecule has 1 N–H and O–H groups in total. The fourth-order valence-electron chi connectivity index (χ4n) is 3.33. The predicted octanol–water partition coefficient (Wildman–Crippen LogP) is 3.38. The van der Waals surface area contributed by atoms with Gasteiger partial charge in [0.25, 0.3) is 0 Å². The summed E-state index contributed by atoms with van der Waals surface area (Å²) in [6.45, 7) is 3.65. The number of piperazine rings is 1. The number of anilines is 1. The summed E-state index contributed by atoms with van der Waals surface area (Å²) in [5, 5.41) is 4.04. The van der Waals surface area contributed by atoms with Crippen molar-refractivity contribution in [2.24, 2.45) is 0 Å². The molecule has 2 aromatic carbocycles. The summed E-state index contributed by atoms with van der Waals surface area (Å²) >= 11 is 1.67. The molecule has 0 unspecified atom stereocenters. The van der Waals surface area contributed by atoms with Gasteiger partial charge in [-0.05, 0) is 30.2 Å². The maximum Gasteiger partial charge on any atom is 0.317 e. The van der Waals surface area contributed by atoms with Gasteiger partial charge in [-0.15, -0.1) is 0 Å². The Morgan fingerprint density at radius 2 is 1.93 bits per heavy atom. The highest BCUT2D eigenvalue weighted by Crippen LogP contribution is 2.31. The molecule has 0 radical (unpaired) electrons. The van der Waals surface area contributed by atoms with Gasteiger partial charge in [0, 0.05) is 32.7 Å². The van der Waals surface area contributed by atoms with Crippen LogP contribution in [-0.2, 0) is 6.42 Å². The van der Waals surface area contributed by atoms with E-state index in [9.17, 15) is 4.79 Å². The fourth-order valence-corrected chi connectivity index (χ4v) is 4.37. The highest BCUT2D eigenvalue weighted by Gasteiger charge is 2.23. The van der Waals surface area contributed by atoms with Gasteiger partial charge >= 0.3 is 6.03 Å². The van der Waals surface area contributed by atoms with Crippen molar-refractivity contribution in [3.8, 4) is 5.75 Å². The van der Waals surface area contributed by atoms with E-state index in [0.717, 1.165) is 40.6 Å². The van der Waals surface area contributed by atoms with E-state index in [4.69, 9.17) is 9.72 Å². The number of amides is 2. The molecular weight excluding hydrogens is 372 g/mol. The Labute approximate surface area is 168 Å². The second-order valence-electron chi connectivity index (χ2n) is 6.77. The number of fused-ring (bicyclic) bond motifs is 1. The first-order valence-electron chi connectivity index (χ1n) is 9.49. The molecule has 1 aliphatic heterocycles. The van der Waals surface area contributed by atoms with Gasteiger partial charge in [0.15, 0.2) is 5.13 Å². The lowest BCUT2D eigenvalue weighted by molar-refractivity contribution is 0.194. The van der Waals surface area contributed by atoms with Gasteiger partial charge in [-0.2, -0.15) is 0 Å². The zero-order valence-corrected chi connectivity index (χ0v) is 16.7. The number of carbonyl (C=O) groups is 1.